The Morgan fingerprint density at radius 2 is 1.77 bits per heavy atom. The summed E-state index contributed by atoms with van der Waals surface area (Å²) >= 11 is 0. The minimum absolute atomic E-state index is 0.376. The summed E-state index contributed by atoms with van der Waals surface area (Å²) in [6.45, 7) is 1.98. The van der Waals surface area contributed by atoms with Crippen LogP contribution in [-0.4, -0.2) is 37.3 Å². The first-order valence-corrected chi connectivity index (χ1v) is 11.4. The largest absolute Gasteiger partial charge is 0.381 e. The summed E-state index contributed by atoms with van der Waals surface area (Å²) in [4.78, 5) is 7.44. The molecule has 4 rings (SSSR count). The molecule has 30 heavy (non-hydrogen) atoms. The number of aromatic nitrogens is 1. The number of rotatable bonds is 5. The highest BCUT2D eigenvalue weighted by Gasteiger charge is 2.20. The number of nitrogens with zero attached hydrogens (tertiary/aromatic N) is 2. The first kappa shape index (κ1) is 20.8. The Balaban J connectivity index is 1.52. The van der Waals surface area contributed by atoms with Gasteiger partial charge < -0.3 is 15.0 Å². The molecule has 1 aliphatic carbocycles. The van der Waals surface area contributed by atoms with Gasteiger partial charge in [0.25, 0.3) is 0 Å². The molecule has 4 nitrogen and oxygen atoms in total. The van der Waals surface area contributed by atoms with E-state index in [1.165, 1.54) is 37.7 Å². The highest BCUT2D eigenvalue weighted by atomic mass is 16.5. The Morgan fingerprint density at radius 1 is 1.00 bits per heavy atom. The van der Waals surface area contributed by atoms with Gasteiger partial charge in [-0.2, -0.15) is 0 Å². The highest BCUT2D eigenvalue weighted by Crippen LogP contribution is 2.22. The van der Waals surface area contributed by atoms with Crippen LogP contribution in [0.3, 0.4) is 0 Å². The summed E-state index contributed by atoms with van der Waals surface area (Å²) in [6, 6.07) is 18.6. The lowest BCUT2D eigenvalue weighted by atomic mass is 9.96. The molecule has 1 aliphatic heterocycles. The van der Waals surface area contributed by atoms with Gasteiger partial charge in [0.05, 0.1) is 11.8 Å². The number of hydrogen-bond acceptors (Lipinski definition) is 4. The molecule has 0 unspecified atom stereocenters. The third-order valence-electron chi connectivity index (χ3n) is 6.35. The topological polar surface area (TPSA) is 37.4 Å². The normalized spacial score (nSPS) is 18.0. The molecule has 0 bridgehead atoms. The lowest BCUT2D eigenvalue weighted by Gasteiger charge is -2.32. The molecular weight excluding hydrogens is 370 g/mol. The molecule has 2 heterocycles. The summed E-state index contributed by atoms with van der Waals surface area (Å²) in [5.74, 6) is 4.42. The van der Waals surface area contributed by atoms with Crippen LogP contribution in [0.1, 0.15) is 61.8 Å². The van der Waals surface area contributed by atoms with Gasteiger partial charge in [-0.1, -0.05) is 49.6 Å². The molecule has 2 aromatic rings. The number of anilines is 1. The zero-order chi connectivity index (χ0) is 20.6. The number of methoxy groups -OCH3 is 1. The summed E-state index contributed by atoms with van der Waals surface area (Å²) in [5, 5.41) is 3.44. The van der Waals surface area contributed by atoms with Crippen LogP contribution in [-0.2, 0) is 11.2 Å². The van der Waals surface area contributed by atoms with E-state index in [0.717, 1.165) is 49.4 Å². The van der Waals surface area contributed by atoms with Gasteiger partial charge in [0.1, 0.15) is 5.82 Å². The van der Waals surface area contributed by atoms with Gasteiger partial charge in [-0.15, -0.1) is 0 Å². The maximum Gasteiger partial charge on any atom is 0.128 e. The molecule has 2 aliphatic rings. The predicted octanol–water partition coefficient (Wildman–Crippen LogP) is 4.52. The SMILES string of the molecule is COC1CCN(c2ccc(C#CNC3CCCCC3)c(Cc3ccccc3)n2)CC1. The quantitative estimate of drug-likeness (QED) is 0.588. The maximum absolute atomic E-state index is 5.52. The van der Waals surface area contributed by atoms with Crippen molar-refractivity contribution in [3.8, 4) is 12.0 Å². The summed E-state index contributed by atoms with van der Waals surface area (Å²) in [5.41, 5.74) is 3.35. The van der Waals surface area contributed by atoms with Crippen molar-refractivity contribution in [2.24, 2.45) is 0 Å². The van der Waals surface area contributed by atoms with Crippen LogP contribution in [0.15, 0.2) is 42.5 Å². The second kappa shape index (κ2) is 10.5. The van der Waals surface area contributed by atoms with Gasteiger partial charge in [-0.05, 0) is 49.3 Å². The first-order valence-electron chi connectivity index (χ1n) is 11.4. The second-order valence-corrected chi connectivity index (χ2v) is 8.48. The zero-order valence-electron chi connectivity index (χ0n) is 18.1. The van der Waals surface area contributed by atoms with Gasteiger partial charge >= 0.3 is 0 Å². The lowest BCUT2D eigenvalue weighted by molar-refractivity contribution is 0.0818. The predicted molar refractivity (Wildman–Crippen MR) is 123 cm³/mol. The van der Waals surface area contributed by atoms with E-state index >= 15 is 0 Å². The van der Waals surface area contributed by atoms with Crippen molar-refractivity contribution in [2.45, 2.75) is 63.5 Å². The van der Waals surface area contributed by atoms with Crippen LogP contribution in [0.2, 0.25) is 0 Å². The van der Waals surface area contributed by atoms with Crippen molar-refractivity contribution in [2.75, 3.05) is 25.1 Å². The summed E-state index contributed by atoms with van der Waals surface area (Å²) in [7, 11) is 1.81. The zero-order valence-corrected chi connectivity index (χ0v) is 18.1. The fourth-order valence-corrected chi connectivity index (χ4v) is 4.48. The van der Waals surface area contributed by atoms with Gasteiger partial charge in [-0.25, -0.2) is 4.98 Å². The number of nitrogens with one attached hydrogen (secondary N) is 1. The van der Waals surface area contributed by atoms with Crippen LogP contribution < -0.4 is 10.2 Å². The third kappa shape index (κ3) is 5.55. The van der Waals surface area contributed by atoms with Crippen molar-refractivity contribution < 1.29 is 4.74 Å². The number of hydrogen-bond donors (Lipinski definition) is 1. The van der Waals surface area contributed by atoms with Crippen LogP contribution in [0.5, 0.6) is 0 Å². The monoisotopic (exact) mass is 403 g/mol. The highest BCUT2D eigenvalue weighted by molar-refractivity contribution is 5.48. The Morgan fingerprint density at radius 3 is 2.50 bits per heavy atom. The molecule has 1 N–H and O–H groups in total. The molecule has 1 aromatic carbocycles. The van der Waals surface area contributed by atoms with Crippen molar-refractivity contribution >= 4 is 5.82 Å². The molecule has 2 fully saturated rings. The molecule has 0 spiro atoms. The Hall–Kier alpha value is -2.51. The van der Waals surface area contributed by atoms with Crippen LogP contribution in [0.4, 0.5) is 5.82 Å². The van der Waals surface area contributed by atoms with E-state index in [-0.39, 0.29) is 0 Å². The number of pyridine rings is 1. The van der Waals surface area contributed by atoms with E-state index < -0.39 is 0 Å². The molecule has 0 amide bonds. The van der Waals surface area contributed by atoms with Crippen molar-refractivity contribution in [3.63, 3.8) is 0 Å². The van der Waals surface area contributed by atoms with Crippen molar-refractivity contribution in [1.29, 1.82) is 0 Å². The van der Waals surface area contributed by atoms with E-state index in [9.17, 15) is 0 Å². The molecule has 0 atom stereocenters. The third-order valence-corrected chi connectivity index (χ3v) is 6.35. The van der Waals surface area contributed by atoms with Crippen LogP contribution >= 0.6 is 0 Å². The lowest BCUT2D eigenvalue weighted by Crippen LogP contribution is -2.37. The van der Waals surface area contributed by atoms with Gasteiger partial charge in [0.15, 0.2) is 0 Å². The standard InChI is InChI=1S/C26H33N3O/c1-30-24-15-18-29(19-16-24)26-13-12-22(14-17-27-23-10-6-3-7-11-23)25(28-26)20-21-8-4-2-5-9-21/h2,4-5,8-9,12-13,23-24,27H,3,6-7,10-11,15-16,18-20H2,1H3. The minimum atomic E-state index is 0.376. The smallest absolute Gasteiger partial charge is 0.128 e. The van der Waals surface area contributed by atoms with Crippen molar-refractivity contribution in [3.05, 3.63) is 59.3 Å². The maximum atomic E-state index is 5.52. The van der Waals surface area contributed by atoms with Gasteiger partial charge in [-0.3, -0.25) is 0 Å². The summed E-state index contributed by atoms with van der Waals surface area (Å²) in [6.07, 6.45) is 9.75. The van der Waals surface area contributed by atoms with Gasteiger partial charge in [0, 0.05) is 44.3 Å². The van der Waals surface area contributed by atoms with E-state index in [1.807, 2.05) is 7.11 Å². The average molecular weight is 404 g/mol. The van der Waals surface area contributed by atoms with E-state index in [2.05, 4.69) is 64.6 Å². The molecule has 1 saturated heterocycles. The Bertz CT molecular complexity index is 857. The Labute approximate surface area is 181 Å². The summed E-state index contributed by atoms with van der Waals surface area (Å²) < 4.78 is 5.52. The molecule has 0 radical (unpaired) electrons. The van der Waals surface area contributed by atoms with E-state index in [1.54, 1.807) is 0 Å². The van der Waals surface area contributed by atoms with E-state index in [0.29, 0.717) is 12.1 Å². The van der Waals surface area contributed by atoms with E-state index in [4.69, 9.17) is 9.72 Å². The number of ether oxygens (including phenoxy) is 1. The second-order valence-electron chi connectivity index (χ2n) is 8.48. The number of benzene rings is 1. The number of piperidine rings is 1. The first-order chi connectivity index (χ1) is 14.8. The molecule has 1 saturated carbocycles. The van der Waals surface area contributed by atoms with Crippen molar-refractivity contribution in [1.82, 2.24) is 10.3 Å². The molecule has 158 valence electrons. The Kier molecular flexibility index (Phi) is 7.26. The molecule has 4 heteroatoms. The minimum Gasteiger partial charge on any atom is -0.381 e. The fraction of sp³-hybridized carbons (Fsp3) is 0.500. The molecular formula is C26H33N3O. The van der Waals surface area contributed by atoms with Gasteiger partial charge in [0.2, 0.25) is 0 Å². The van der Waals surface area contributed by atoms with Crippen LogP contribution in [0.25, 0.3) is 0 Å². The average Bonchev–Trinajstić information content (AvgIpc) is 2.81. The fourth-order valence-electron chi connectivity index (χ4n) is 4.48. The van der Waals surface area contributed by atoms with Crippen LogP contribution in [0, 0.1) is 12.0 Å². The molecule has 1 aromatic heterocycles.